The van der Waals surface area contributed by atoms with E-state index in [2.05, 4.69) is 16.8 Å². The molecule has 0 aliphatic carbocycles. The molecule has 5 rings (SSSR count). The Labute approximate surface area is 189 Å². The topological polar surface area (TPSA) is 60.9 Å². The Balaban J connectivity index is 1.61. The zero-order valence-corrected chi connectivity index (χ0v) is 19.2. The first-order chi connectivity index (χ1) is 15.4. The molecular weight excluding hydrogens is 422 g/mol. The number of rotatable bonds is 3. The summed E-state index contributed by atoms with van der Waals surface area (Å²) in [5.41, 5.74) is 1.85. The molecule has 166 valence electrons. The van der Waals surface area contributed by atoms with Gasteiger partial charge in [-0.05, 0) is 49.0 Å². The van der Waals surface area contributed by atoms with Crippen LogP contribution in [0.4, 0.5) is 11.4 Å². The van der Waals surface area contributed by atoms with E-state index < -0.39 is 16.1 Å². The summed E-state index contributed by atoms with van der Waals surface area (Å²) in [6.45, 7) is 5.25. The number of likely N-dealkylation sites (N-methyl/N-ethyl adjacent to an activating group) is 1. The van der Waals surface area contributed by atoms with Crippen molar-refractivity contribution in [1.29, 1.82) is 0 Å². The summed E-state index contributed by atoms with van der Waals surface area (Å²) in [7, 11) is -1.76. The summed E-state index contributed by atoms with van der Waals surface area (Å²) in [6.07, 6.45) is 0.171. The summed E-state index contributed by atoms with van der Waals surface area (Å²) in [4.78, 5) is 17.9. The minimum Gasteiger partial charge on any atom is -0.368 e. The minimum atomic E-state index is -3.84. The maximum atomic E-state index is 13.8. The smallest absolute Gasteiger partial charge is 0.264 e. The second kappa shape index (κ2) is 7.90. The Hall–Kier alpha value is -2.90. The van der Waals surface area contributed by atoms with Crippen LogP contribution in [0.1, 0.15) is 23.7 Å². The average molecular weight is 450 g/mol. The van der Waals surface area contributed by atoms with Crippen molar-refractivity contribution in [2.24, 2.45) is 0 Å². The van der Waals surface area contributed by atoms with Gasteiger partial charge in [-0.3, -0.25) is 9.10 Å². The number of anilines is 2. The van der Waals surface area contributed by atoms with Crippen LogP contribution in [0, 0.1) is 0 Å². The van der Waals surface area contributed by atoms with Crippen molar-refractivity contribution in [3.63, 3.8) is 0 Å². The van der Waals surface area contributed by atoms with E-state index in [-0.39, 0.29) is 17.1 Å². The molecule has 7 heteroatoms. The maximum absolute atomic E-state index is 13.8. The molecule has 2 heterocycles. The van der Waals surface area contributed by atoms with E-state index in [9.17, 15) is 13.2 Å². The molecule has 0 unspecified atom stereocenters. The molecule has 2 aliphatic rings. The molecule has 0 radical (unpaired) electrons. The molecule has 3 aromatic rings. The van der Waals surface area contributed by atoms with Gasteiger partial charge in [-0.1, -0.05) is 36.4 Å². The van der Waals surface area contributed by atoms with Crippen LogP contribution in [-0.2, 0) is 10.0 Å². The largest absolute Gasteiger partial charge is 0.368 e. The fourth-order valence-corrected chi connectivity index (χ4v) is 6.51. The lowest BCUT2D eigenvalue weighted by atomic mass is 9.95. The number of carbonyl (C=O) groups excluding carboxylic acids is 1. The van der Waals surface area contributed by atoms with Crippen molar-refractivity contribution in [1.82, 2.24) is 4.90 Å². The number of benzene rings is 3. The van der Waals surface area contributed by atoms with E-state index in [0.29, 0.717) is 11.3 Å². The summed E-state index contributed by atoms with van der Waals surface area (Å²) >= 11 is 0. The van der Waals surface area contributed by atoms with Crippen LogP contribution in [0.2, 0.25) is 0 Å². The van der Waals surface area contributed by atoms with Gasteiger partial charge in [0.15, 0.2) is 5.78 Å². The molecular formula is C25H27N3O3S. The van der Waals surface area contributed by atoms with Crippen LogP contribution >= 0.6 is 0 Å². The zero-order chi connectivity index (χ0) is 22.5. The monoisotopic (exact) mass is 449 g/mol. The molecule has 0 saturated carbocycles. The highest BCUT2D eigenvalue weighted by Crippen LogP contribution is 2.40. The second-order valence-corrected chi connectivity index (χ2v) is 10.6. The molecule has 0 aromatic heterocycles. The molecule has 32 heavy (non-hydrogen) atoms. The highest BCUT2D eigenvalue weighted by molar-refractivity contribution is 7.92. The van der Waals surface area contributed by atoms with Crippen molar-refractivity contribution in [2.75, 3.05) is 42.4 Å². The van der Waals surface area contributed by atoms with E-state index in [1.165, 1.54) is 4.31 Å². The number of fused-ring (bicyclic) bond motifs is 2. The number of carbonyl (C=O) groups is 1. The van der Waals surface area contributed by atoms with E-state index >= 15 is 0 Å². The predicted molar refractivity (Wildman–Crippen MR) is 128 cm³/mol. The molecule has 3 aromatic carbocycles. The average Bonchev–Trinajstić information content (AvgIpc) is 2.78. The lowest BCUT2D eigenvalue weighted by Crippen LogP contribution is -2.47. The predicted octanol–water partition coefficient (Wildman–Crippen LogP) is 3.76. The third-order valence-corrected chi connectivity index (χ3v) is 8.46. The lowest BCUT2D eigenvalue weighted by molar-refractivity contribution is 0.0972. The van der Waals surface area contributed by atoms with Crippen LogP contribution in [-0.4, -0.2) is 58.4 Å². The number of hydrogen-bond donors (Lipinski definition) is 0. The van der Waals surface area contributed by atoms with Crippen molar-refractivity contribution < 1.29 is 13.2 Å². The number of sulfonamides is 1. The Morgan fingerprint density at radius 2 is 1.53 bits per heavy atom. The van der Waals surface area contributed by atoms with Gasteiger partial charge in [0, 0.05) is 44.3 Å². The van der Waals surface area contributed by atoms with E-state index in [1.807, 2.05) is 49.4 Å². The molecule has 0 spiro atoms. The van der Waals surface area contributed by atoms with E-state index in [4.69, 9.17) is 0 Å². The van der Waals surface area contributed by atoms with Crippen LogP contribution in [0.25, 0.3) is 10.8 Å². The van der Waals surface area contributed by atoms with Crippen molar-refractivity contribution >= 4 is 38.0 Å². The van der Waals surface area contributed by atoms with Gasteiger partial charge in [0.2, 0.25) is 0 Å². The zero-order valence-electron chi connectivity index (χ0n) is 18.4. The molecule has 6 nitrogen and oxygen atoms in total. The summed E-state index contributed by atoms with van der Waals surface area (Å²) < 4.78 is 29.1. The third kappa shape index (κ3) is 3.45. The number of piperazine rings is 1. The van der Waals surface area contributed by atoms with Gasteiger partial charge in [0.1, 0.15) is 0 Å². The number of ketones is 1. The molecule has 2 aliphatic heterocycles. The highest BCUT2D eigenvalue weighted by atomic mass is 32.2. The second-order valence-electron chi connectivity index (χ2n) is 8.75. The van der Waals surface area contributed by atoms with Gasteiger partial charge in [-0.15, -0.1) is 0 Å². The number of Topliss-reactive ketones (excluding diaryl/α,β-unsaturated/α-hetero) is 1. The van der Waals surface area contributed by atoms with Gasteiger partial charge in [-0.25, -0.2) is 8.42 Å². The van der Waals surface area contributed by atoms with E-state index in [0.717, 1.165) is 42.6 Å². The van der Waals surface area contributed by atoms with Crippen LogP contribution in [0.15, 0.2) is 65.6 Å². The summed E-state index contributed by atoms with van der Waals surface area (Å²) in [6, 6.07) is 18.0. The van der Waals surface area contributed by atoms with Crippen LogP contribution < -0.4 is 9.21 Å². The quantitative estimate of drug-likeness (QED) is 0.609. The third-order valence-electron chi connectivity index (χ3n) is 6.54. The fourth-order valence-electron chi connectivity index (χ4n) is 4.81. The first-order valence-electron chi connectivity index (χ1n) is 11.0. The van der Waals surface area contributed by atoms with Gasteiger partial charge in [-0.2, -0.15) is 0 Å². The van der Waals surface area contributed by atoms with Crippen molar-refractivity contribution in [3.05, 3.63) is 66.2 Å². The molecule has 0 N–H and O–H groups in total. The van der Waals surface area contributed by atoms with Gasteiger partial charge >= 0.3 is 0 Å². The lowest BCUT2D eigenvalue weighted by Gasteiger charge is -2.39. The molecule has 1 fully saturated rings. The first kappa shape index (κ1) is 21.0. The SMILES string of the molecule is C[C@@H]1CC(=O)c2c(N3CCN(C)CC3)cccc2N1S(=O)(=O)c1ccc2ccccc2c1. The standard InChI is InChI=1S/C25H27N3O3S/c1-18-16-24(29)25-22(27-14-12-26(2)13-15-27)8-5-9-23(25)28(18)32(30,31)21-11-10-19-6-3-4-7-20(19)17-21/h3-11,17-18H,12-16H2,1-2H3/t18-/m1/s1. The molecule has 0 amide bonds. The Morgan fingerprint density at radius 1 is 0.844 bits per heavy atom. The molecule has 1 saturated heterocycles. The Bertz CT molecular complexity index is 1300. The fraction of sp³-hybridized carbons (Fsp3) is 0.320. The Morgan fingerprint density at radius 3 is 2.28 bits per heavy atom. The van der Waals surface area contributed by atoms with Gasteiger partial charge < -0.3 is 9.80 Å². The van der Waals surface area contributed by atoms with Crippen LogP contribution in [0.3, 0.4) is 0 Å². The number of nitrogens with zero attached hydrogens (tertiary/aromatic N) is 3. The van der Waals surface area contributed by atoms with E-state index in [1.54, 1.807) is 18.2 Å². The van der Waals surface area contributed by atoms with Gasteiger partial charge in [0.25, 0.3) is 10.0 Å². The molecule has 1 atom stereocenters. The van der Waals surface area contributed by atoms with Gasteiger partial charge in [0.05, 0.1) is 16.1 Å². The highest BCUT2D eigenvalue weighted by Gasteiger charge is 2.39. The number of hydrogen-bond acceptors (Lipinski definition) is 5. The summed E-state index contributed by atoms with van der Waals surface area (Å²) in [5, 5.41) is 1.87. The van der Waals surface area contributed by atoms with Crippen molar-refractivity contribution in [2.45, 2.75) is 24.3 Å². The molecule has 0 bridgehead atoms. The summed E-state index contributed by atoms with van der Waals surface area (Å²) in [5.74, 6) is 0.00647. The minimum absolute atomic E-state index is 0.00647. The Kier molecular flexibility index (Phi) is 5.18. The first-order valence-corrected chi connectivity index (χ1v) is 12.4. The normalized spacial score (nSPS) is 19.9. The van der Waals surface area contributed by atoms with Crippen molar-refractivity contribution in [3.8, 4) is 0 Å². The maximum Gasteiger partial charge on any atom is 0.264 e. The van der Waals surface area contributed by atoms with Crippen LogP contribution in [0.5, 0.6) is 0 Å².